The zero-order chi connectivity index (χ0) is 14.1. The Morgan fingerprint density at radius 3 is 2.85 bits per heavy atom. The predicted octanol–water partition coefficient (Wildman–Crippen LogP) is 3.78. The molecule has 3 rings (SSSR count). The maximum absolute atomic E-state index is 12.7. The largest absolute Gasteiger partial charge is 0.398 e. The van der Waals surface area contributed by atoms with Gasteiger partial charge in [0.15, 0.2) is 0 Å². The minimum Gasteiger partial charge on any atom is -0.398 e. The molecule has 0 unspecified atom stereocenters. The van der Waals surface area contributed by atoms with Gasteiger partial charge in [0, 0.05) is 32.9 Å². The summed E-state index contributed by atoms with van der Waals surface area (Å²) in [5.41, 5.74) is 8.04. The number of hydrogen-bond acceptors (Lipinski definition) is 3. The fraction of sp³-hybridized carbons (Fsp3) is 0.133. The molecule has 0 aromatic heterocycles. The SMILES string of the molecule is Nc1ccc(C(=O)N2CCSc3ccccc32)cc1Br. The highest BCUT2D eigenvalue weighted by atomic mass is 79.9. The van der Waals surface area contributed by atoms with Crippen LogP contribution in [0.15, 0.2) is 51.8 Å². The lowest BCUT2D eigenvalue weighted by Crippen LogP contribution is -2.35. The number of halogens is 1. The molecule has 1 aliphatic rings. The number of carbonyl (C=O) groups is 1. The molecule has 0 bridgehead atoms. The van der Waals surface area contributed by atoms with Crippen LogP contribution in [-0.4, -0.2) is 18.2 Å². The van der Waals surface area contributed by atoms with E-state index in [4.69, 9.17) is 5.73 Å². The molecule has 0 fully saturated rings. The molecule has 2 aromatic rings. The number of rotatable bonds is 1. The van der Waals surface area contributed by atoms with E-state index in [-0.39, 0.29) is 5.91 Å². The fourth-order valence-electron chi connectivity index (χ4n) is 2.20. The van der Waals surface area contributed by atoms with Crippen molar-refractivity contribution in [1.82, 2.24) is 0 Å². The van der Waals surface area contributed by atoms with Crippen LogP contribution in [0.25, 0.3) is 0 Å². The highest BCUT2D eigenvalue weighted by molar-refractivity contribution is 9.10. The van der Waals surface area contributed by atoms with Crippen molar-refractivity contribution in [2.75, 3.05) is 22.9 Å². The fourth-order valence-corrected chi connectivity index (χ4v) is 3.57. The van der Waals surface area contributed by atoms with E-state index < -0.39 is 0 Å². The lowest BCUT2D eigenvalue weighted by molar-refractivity contribution is 0.0987. The van der Waals surface area contributed by atoms with Crippen LogP contribution in [0.5, 0.6) is 0 Å². The van der Waals surface area contributed by atoms with Crippen LogP contribution >= 0.6 is 27.7 Å². The number of para-hydroxylation sites is 1. The predicted molar refractivity (Wildman–Crippen MR) is 87.4 cm³/mol. The second kappa shape index (κ2) is 5.50. The number of benzene rings is 2. The molecule has 0 spiro atoms. The van der Waals surface area contributed by atoms with Gasteiger partial charge in [0.05, 0.1) is 5.69 Å². The Hall–Kier alpha value is -1.46. The van der Waals surface area contributed by atoms with Gasteiger partial charge in [-0.05, 0) is 46.3 Å². The Balaban J connectivity index is 1.97. The third kappa shape index (κ3) is 2.43. The summed E-state index contributed by atoms with van der Waals surface area (Å²) in [5, 5.41) is 0. The molecule has 2 N–H and O–H groups in total. The van der Waals surface area contributed by atoms with E-state index in [9.17, 15) is 4.79 Å². The van der Waals surface area contributed by atoms with Gasteiger partial charge in [-0.2, -0.15) is 0 Å². The molecule has 5 heteroatoms. The van der Waals surface area contributed by atoms with E-state index in [2.05, 4.69) is 22.0 Å². The molecule has 1 amide bonds. The third-order valence-corrected chi connectivity index (χ3v) is 4.95. The standard InChI is InChI=1S/C15H13BrN2OS/c16-11-9-10(5-6-12(11)17)15(19)18-7-8-20-14-4-2-1-3-13(14)18/h1-6,9H,7-8,17H2. The molecular weight excluding hydrogens is 336 g/mol. The molecule has 0 saturated carbocycles. The summed E-state index contributed by atoms with van der Waals surface area (Å²) in [6.45, 7) is 0.725. The van der Waals surface area contributed by atoms with Gasteiger partial charge in [-0.3, -0.25) is 4.79 Å². The van der Waals surface area contributed by atoms with Gasteiger partial charge in [-0.15, -0.1) is 11.8 Å². The average molecular weight is 349 g/mol. The summed E-state index contributed by atoms with van der Waals surface area (Å²) in [4.78, 5) is 15.7. The van der Waals surface area contributed by atoms with E-state index in [1.807, 2.05) is 23.1 Å². The first kappa shape index (κ1) is 13.5. The summed E-state index contributed by atoms with van der Waals surface area (Å²) in [5.74, 6) is 0.928. The van der Waals surface area contributed by atoms with Crippen LogP contribution in [0.1, 0.15) is 10.4 Å². The van der Waals surface area contributed by atoms with E-state index >= 15 is 0 Å². The van der Waals surface area contributed by atoms with Crippen molar-refractivity contribution >= 4 is 45.0 Å². The number of nitrogen functional groups attached to an aromatic ring is 1. The number of nitrogens with two attached hydrogens (primary N) is 1. The Labute approximate surface area is 130 Å². The van der Waals surface area contributed by atoms with Crippen LogP contribution in [0.4, 0.5) is 11.4 Å². The quantitative estimate of drug-likeness (QED) is 0.797. The van der Waals surface area contributed by atoms with Gasteiger partial charge in [-0.1, -0.05) is 12.1 Å². The monoisotopic (exact) mass is 348 g/mol. The summed E-state index contributed by atoms with van der Waals surface area (Å²) in [6.07, 6.45) is 0. The van der Waals surface area contributed by atoms with Crippen molar-refractivity contribution < 1.29 is 4.79 Å². The molecule has 0 saturated heterocycles. The van der Waals surface area contributed by atoms with Crippen molar-refractivity contribution in [3.63, 3.8) is 0 Å². The van der Waals surface area contributed by atoms with Crippen molar-refractivity contribution in [1.29, 1.82) is 0 Å². The van der Waals surface area contributed by atoms with E-state index in [1.54, 1.807) is 30.0 Å². The van der Waals surface area contributed by atoms with Gasteiger partial charge in [0.2, 0.25) is 0 Å². The van der Waals surface area contributed by atoms with Crippen molar-refractivity contribution in [2.24, 2.45) is 0 Å². The van der Waals surface area contributed by atoms with E-state index in [1.165, 1.54) is 0 Å². The number of thioether (sulfide) groups is 1. The van der Waals surface area contributed by atoms with Crippen molar-refractivity contribution in [3.05, 3.63) is 52.5 Å². The Bertz CT molecular complexity index is 675. The minimum absolute atomic E-state index is 0.0125. The number of hydrogen-bond donors (Lipinski definition) is 1. The van der Waals surface area contributed by atoms with Gasteiger partial charge in [0.1, 0.15) is 0 Å². The summed E-state index contributed by atoms with van der Waals surface area (Å²) >= 11 is 5.16. The maximum atomic E-state index is 12.7. The second-order valence-electron chi connectivity index (χ2n) is 4.51. The van der Waals surface area contributed by atoms with Crippen LogP contribution < -0.4 is 10.6 Å². The smallest absolute Gasteiger partial charge is 0.258 e. The molecule has 3 nitrogen and oxygen atoms in total. The van der Waals surface area contributed by atoms with Crippen molar-refractivity contribution in [2.45, 2.75) is 4.90 Å². The first-order valence-corrected chi connectivity index (χ1v) is 8.03. The third-order valence-electron chi connectivity index (χ3n) is 3.22. The number of fused-ring (bicyclic) bond motifs is 1. The van der Waals surface area contributed by atoms with Crippen LogP contribution in [0.2, 0.25) is 0 Å². The van der Waals surface area contributed by atoms with Gasteiger partial charge in [0.25, 0.3) is 5.91 Å². The van der Waals surface area contributed by atoms with Crippen molar-refractivity contribution in [3.8, 4) is 0 Å². The Morgan fingerprint density at radius 2 is 2.05 bits per heavy atom. The Morgan fingerprint density at radius 1 is 1.25 bits per heavy atom. The average Bonchev–Trinajstić information content (AvgIpc) is 2.49. The van der Waals surface area contributed by atoms with Gasteiger partial charge >= 0.3 is 0 Å². The van der Waals surface area contributed by atoms with Gasteiger partial charge < -0.3 is 10.6 Å². The highest BCUT2D eigenvalue weighted by Gasteiger charge is 2.23. The normalized spacial score (nSPS) is 13.9. The first-order valence-electron chi connectivity index (χ1n) is 6.25. The summed E-state index contributed by atoms with van der Waals surface area (Å²) < 4.78 is 0.753. The zero-order valence-corrected chi connectivity index (χ0v) is 13.1. The molecule has 20 heavy (non-hydrogen) atoms. The molecule has 0 aliphatic carbocycles. The number of anilines is 2. The van der Waals surface area contributed by atoms with E-state index in [0.717, 1.165) is 27.4 Å². The molecular formula is C15H13BrN2OS. The van der Waals surface area contributed by atoms with Crippen LogP contribution in [0.3, 0.4) is 0 Å². The maximum Gasteiger partial charge on any atom is 0.258 e. The number of nitrogens with zero attached hydrogens (tertiary/aromatic N) is 1. The molecule has 102 valence electrons. The second-order valence-corrected chi connectivity index (χ2v) is 6.50. The number of amides is 1. The minimum atomic E-state index is 0.0125. The highest BCUT2D eigenvalue weighted by Crippen LogP contribution is 2.35. The van der Waals surface area contributed by atoms with Gasteiger partial charge in [-0.25, -0.2) is 0 Å². The molecule has 0 radical (unpaired) electrons. The molecule has 0 atom stereocenters. The lowest BCUT2D eigenvalue weighted by Gasteiger charge is -2.29. The Kier molecular flexibility index (Phi) is 3.72. The number of carbonyl (C=O) groups excluding carboxylic acids is 1. The summed E-state index contributed by atoms with van der Waals surface area (Å²) in [7, 11) is 0. The molecule has 2 aromatic carbocycles. The summed E-state index contributed by atoms with van der Waals surface area (Å²) in [6, 6.07) is 13.3. The first-order chi connectivity index (χ1) is 9.66. The topological polar surface area (TPSA) is 46.3 Å². The van der Waals surface area contributed by atoms with Crippen LogP contribution in [0, 0.1) is 0 Å². The van der Waals surface area contributed by atoms with E-state index in [0.29, 0.717) is 11.3 Å². The molecule has 1 aliphatic heterocycles. The van der Waals surface area contributed by atoms with Crippen LogP contribution in [-0.2, 0) is 0 Å². The lowest BCUT2D eigenvalue weighted by atomic mass is 10.1. The molecule has 1 heterocycles. The zero-order valence-electron chi connectivity index (χ0n) is 10.7.